The van der Waals surface area contributed by atoms with Gasteiger partial charge in [-0.05, 0) is 17.7 Å². The fourth-order valence-corrected chi connectivity index (χ4v) is 1.82. The quantitative estimate of drug-likeness (QED) is 0.683. The van der Waals surface area contributed by atoms with Crippen LogP contribution in [0, 0.1) is 0 Å². The lowest BCUT2D eigenvalue weighted by atomic mass is 10.2. The summed E-state index contributed by atoms with van der Waals surface area (Å²) in [5.74, 6) is 0. The molecule has 3 rings (SSSR count). The van der Waals surface area contributed by atoms with Crippen LogP contribution in [0.2, 0.25) is 0 Å². The van der Waals surface area contributed by atoms with Crippen molar-refractivity contribution in [2.45, 2.75) is 6.54 Å². The molecule has 0 radical (unpaired) electrons. The van der Waals surface area contributed by atoms with Gasteiger partial charge >= 0.3 is 0 Å². The van der Waals surface area contributed by atoms with Crippen LogP contribution in [0.1, 0.15) is 5.56 Å². The number of benzene rings is 1. The van der Waals surface area contributed by atoms with Gasteiger partial charge in [0.1, 0.15) is 0 Å². The van der Waals surface area contributed by atoms with Crippen LogP contribution in [-0.2, 0) is 6.54 Å². The van der Waals surface area contributed by atoms with E-state index in [1.807, 2.05) is 27.9 Å². The van der Waals surface area contributed by atoms with E-state index < -0.39 is 0 Å². The molecule has 17 heavy (non-hydrogen) atoms. The first-order chi connectivity index (χ1) is 8.42. The van der Waals surface area contributed by atoms with E-state index in [2.05, 4.69) is 34.2 Å². The number of imidazole rings is 2. The summed E-state index contributed by atoms with van der Waals surface area (Å²) < 4.78 is 4.05. The summed E-state index contributed by atoms with van der Waals surface area (Å²) in [5.41, 5.74) is 2.37. The van der Waals surface area contributed by atoms with Gasteiger partial charge in [-0.3, -0.25) is 0 Å². The molecule has 0 aliphatic carbocycles. The van der Waals surface area contributed by atoms with Crippen molar-refractivity contribution in [1.29, 1.82) is 0 Å². The molecule has 0 aliphatic heterocycles. The van der Waals surface area contributed by atoms with Crippen LogP contribution >= 0.6 is 0 Å². The monoisotopic (exact) mass is 224 g/mol. The zero-order valence-corrected chi connectivity index (χ0v) is 9.27. The first kappa shape index (κ1) is 9.84. The van der Waals surface area contributed by atoms with E-state index >= 15 is 0 Å². The molecule has 0 amide bonds. The predicted octanol–water partition coefficient (Wildman–Crippen LogP) is 2.12. The van der Waals surface area contributed by atoms with Gasteiger partial charge in [-0.15, -0.1) is 0 Å². The molecule has 1 aromatic carbocycles. The Kier molecular flexibility index (Phi) is 2.46. The van der Waals surface area contributed by atoms with E-state index in [0.717, 1.165) is 12.2 Å². The van der Waals surface area contributed by atoms with Gasteiger partial charge < -0.3 is 9.13 Å². The first-order valence-corrected chi connectivity index (χ1v) is 5.45. The fourth-order valence-electron chi connectivity index (χ4n) is 1.82. The van der Waals surface area contributed by atoms with E-state index in [0.29, 0.717) is 0 Å². The van der Waals surface area contributed by atoms with Crippen molar-refractivity contribution < 1.29 is 0 Å². The van der Waals surface area contributed by atoms with Gasteiger partial charge in [-0.2, -0.15) is 0 Å². The SMILES string of the molecule is c1cc(Cn2ccnc2)cc(-n2ccnc2)c1. The van der Waals surface area contributed by atoms with E-state index in [9.17, 15) is 0 Å². The second-order valence-electron chi connectivity index (χ2n) is 3.87. The molecule has 0 atom stereocenters. The summed E-state index contributed by atoms with van der Waals surface area (Å²) >= 11 is 0. The highest BCUT2D eigenvalue weighted by atomic mass is 15.0. The van der Waals surface area contributed by atoms with Crippen LogP contribution in [0.25, 0.3) is 5.69 Å². The molecule has 4 nitrogen and oxygen atoms in total. The molecular weight excluding hydrogens is 212 g/mol. The highest BCUT2D eigenvalue weighted by Gasteiger charge is 1.98. The van der Waals surface area contributed by atoms with Crippen LogP contribution in [0.3, 0.4) is 0 Å². The summed E-state index contributed by atoms with van der Waals surface area (Å²) in [4.78, 5) is 8.09. The number of nitrogens with zero attached hydrogens (tertiary/aromatic N) is 4. The number of hydrogen-bond donors (Lipinski definition) is 0. The molecule has 0 fully saturated rings. The van der Waals surface area contributed by atoms with Crippen LogP contribution in [0.4, 0.5) is 0 Å². The van der Waals surface area contributed by atoms with Crippen molar-refractivity contribution in [3.05, 3.63) is 67.3 Å². The lowest BCUT2D eigenvalue weighted by molar-refractivity contribution is 0.796. The second kappa shape index (κ2) is 4.25. The van der Waals surface area contributed by atoms with Gasteiger partial charge in [0.15, 0.2) is 0 Å². The first-order valence-electron chi connectivity index (χ1n) is 5.45. The third-order valence-electron chi connectivity index (χ3n) is 2.64. The van der Waals surface area contributed by atoms with Gasteiger partial charge in [0.2, 0.25) is 0 Å². The normalized spacial score (nSPS) is 10.6. The lowest BCUT2D eigenvalue weighted by Crippen LogP contribution is -1.98. The maximum Gasteiger partial charge on any atom is 0.0991 e. The van der Waals surface area contributed by atoms with Crippen LogP contribution in [0.5, 0.6) is 0 Å². The van der Waals surface area contributed by atoms with E-state index in [-0.39, 0.29) is 0 Å². The van der Waals surface area contributed by atoms with Gasteiger partial charge in [0.25, 0.3) is 0 Å². The third kappa shape index (κ3) is 2.10. The summed E-state index contributed by atoms with van der Waals surface area (Å²) in [6.07, 6.45) is 11.1. The molecule has 3 aromatic rings. The highest BCUT2D eigenvalue weighted by molar-refractivity contribution is 5.35. The summed E-state index contributed by atoms with van der Waals surface area (Å²) in [5, 5.41) is 0. The maximum atomic E-state index is 4.05. The molecule has 0 saturated heterocycles. The molecule has 0 spiro atoms. The minimum absolute atomic E-state index is 0.836. The molecule has 2 heterocycles. The van der Waals surface area contributed by atoms with E-state index in [4.69, 9.17) is 0 Å². The third-order valence-corrected chi connectivity index (χ3v) is 2.64. The topological polar surface area (TPSA) is 35.6 Å². The number of aromatic nitrogens is 4. The average Bonchev–Trinajstić information content (AvgIpc) is 3.01. The molecule has 0 bridgehead atoms. The summed E-state index contributed by atoms with van der Waals surface area (Å²) in [7, 11) is 0. The minimum atomic E-state index is 0.836. The van der Waals surface area contributed by atoms with E-state index in [1.165, 1.54) is 5.56 Å². The molecule has 0 unspecified atom stereocenters. The fraction of sp³-hybridized carbons (Fsp3) is 0.0769. The van der Waals surface area contributed by atoms with Crippen LogP contribution in [0.15, 0.2) is 61.7 Å². The number of hydrogen-bond acceptors (Lipinski definition) is 2. The van der Waals surface area contributed by atoms with Crippen molar-refractivity contribution in [2.75, 3.05) is 0 Å². The molecule has 0 N–H and O–H groups in total. The summed E-state index contributed by atoms with van der Waals surface area (Å²) in [6, 6.07) is 8.39. The molecule has 0 aliphatic rings. The zero-order chi connectivity index (χ0) is 11.5. The molecule has 0 saturated carbocycles. The summed E-state index contributed by atoms with van der Waals surface area (Å²) in [6.45, 7) is 0.836. The Bertz CT molecular complexity index is 582. The average molecular weight is 224 g/mol. The van der Waals surface area contributed by atoms with Crippen LogP contribution in [-0.4, -0.2) is 19.1 Å². The van der Waals surface area contributed by atoms with E-state index in [1.54, 1.807) is 18.7 Å². The van der Waals surface area contributed by atoms with Crippen molar-refractivity contribution in [3.63, 3.8) is 0 Å². The Hall–Kier alpha value is -2.36. The smallest absolute Gasteiger partial charge is 0.0991 e. The molecule has 4 heteroatoms. The van der Waals surface area contributed by atoms with Crippen molar-refractivity contribution >= 4 is 0 Å². The highest BCUT2D eigenvalue weighted by Crippen LogP contribution is 2.11. The Morgan fingerprint density at radius 2 is 1.88 bits per heavy atom. The standard InChI is InChI=1S/C13H12N4/c1-2-12(9-16-6-4-14-10-16)8-13(3-1)17-7-5-15-11-17/h1-8,10-11H,9H2. The predicted molar refractivity (Wildman–Crippen MR) is 64.9 cm³/mol. The van der Waals surface area contributed by atoms with Crippen molar-refractivity contribution in [3.8, 4) is 5.69 Å². The maximum absolute atomic E-state index is 4.05. The Morgan fingerprint density at radius 3 is 2.65 bits per heavy atom. The lowest BCUT2D eigenvalue weighted by Gasteiger charge is -2.06. The zero-order valence-electron chi connectivity index (χ0n) is 9.27. The second-order valence-corrected chi connectivity index (χ2v) is 3.87. The van der Waals surface area contributed by atoms with Crippen molar-refractivity contribution in [2.24, 2.45) is 0 Å². The molecular formula is C13H12N4. The molecule has 2 aromatic heterocycles. The van der Waals surface area contributed by atoms with Gasteiger partial charge in [-0.25, -0.2) is 9.97 Å². The Balaban J connectivity index is 1.89. The Morgan fingerprint density at radius 1 is 1.00 bits per heavy atom. The van der Waals surface area contributed by atoms with Crippen LogP contribution < -0.4 is 0 Å². The number of rotatable bonds is 3. The minimum Gasteiger partial charge on any atom is -0.333 e. The molecule has 84 valence electrons. The van der Waals surface area contributed by atoms with Gasteiger partial charge in [-0.1, -0.05) is 12.1 Å². The van der Waals surface area contributed by atoms with Gasteiger partial charge in [0, 0.05) is 37.0 Å². The Labute approximate surface area is 99.2 Å². The van der Waals surface area contributed by atoms with Gasteiger partial charge in [0.05, 0.1) is 12.7 Å². The largest absolute Gasteiger partial charge is 0.333 e. The van der Waals surface area contributed by atoms with Crippen molar-refractivity contribution in [1.82, 2.24) is 19.1 Å².